The number of hydrogen-bond acceptors (Lipinski definition) is 3. The molecular formula is C16H26NO3. The zero-order valence-corrected chi connectivity index (χ0v) is 12.9. The van der Waals surface area contributed by atoms with Gasteiger partial charge >= 0.3 is 6.09 Å². The third-order valence-electron chi connectivity index (χ3n) is 4.49. The van der Waals surface area contributed by atoms with Crippen LogP contribution in [-0.2, 0) is 9.53 Å². The zero-order valence-electron chi connectivity index (χ0n) is 12.9. The summed E-state index contributed by atoms with van der Waals surface area (Å²) in [6.45, 7) is 7.10. The largest absolute Gasteiger partial charge is 0.444 e. The van der Waals surface area contributed by atoms with Gasteiger partial charge < -0.3 is 14.4 Å². The Labute approximate surface area is 121 Å². The molecule has 0 bridgehead atoms. The van der Waals surface area contributed by atoms with Gasteiger partial charge in [-0.25, -0.2) is 4.79 Å². The summed E-state index contributed by atoms with van der Waals surface area (Å²) in [5.41, 5.74) is -0.188. The van der Waals surface area contributed by atoms with Crippen LogP contribution in [0.25, 0.3) is 0 Å². The van der Waals surface area contributed by atoms with Crippen LogP contribution in [0.5, 0.6) is 0 Å². The molecule has 113 valence electrons. The van der Waals surface area contributed by atoms with E-state index in [1.165, 1.54) is 0 Å². The van der Waals surface area contributed by atoms with E-state index in [1.807, 2.05) is 20.8 Å². The summed E-state index contributed by atoms with van der Waals surface area (Å²) in [4.78, 5) is 24.6. The normalized spacial score (nSPS) is 23.6. The van der Waals surface area contributed by atoms with Gasteiger partial charge in [0.05, 0.1) is 0 Å². The molecule has 1 amide bonds. The third kappa shape index (κ3) is 3.74. The van der Waals surface area contributed by atoms with Crippen molar-refractivity contribution in [2.24, 2.45) is 11.3 Å². The van der Waals surface area contributed by atoms with Gasteiger partial charge in [-0.3, -0.25) is 0 Å². The summed E-state index contributed by atoms with van der Waals surface area (Å²) < 4.78 is 5.41. The molecule has 1 saturated carbocycles. The van der Waals surface area contributed by atoms with Crippen LogP contribution >= 0.6 is 0 Å². The molecule has 1 saturated heterocycles. The number of amides is 1. The lowest BCUT2D eigenvalue weighted by molar-refractivity contribution is -0.112. The summed E-state index contributed by atoms with van der Waals surface area (Å²) >= 11 is 0. The van der Waals surface area contributed by atoms with E-state index in [2.05, 4.69) is 6.42 Å². The van der Waals surface area contributed by atoms with E-state index >= 15 is 0 Å². The lowest BCUT2D eigenvalue weighted by atomic mass is 9.66. The molecule has 1 radical (unpaired) electrons. The van der Waals surface area contributed by atoms with Gasteiger partial charge in [0.25, 0.3) is 0 Å². The van der Waals surface area contributed by atoms with Crippen LogP contribution in [0.2, 0.25) is 0 Å². The Morgan fingerprint density at radius 3 is 2.40 bits per heavy atom. The summed E-state index contributed by atoms with van der Waals surface area (Å²) in [5.74, 6) is 0.248. The van der Waals surface area contributed by atoms with E-state index in [4.69, 9.17) is 4.74 Å². The molecule has 1 aliphatic carbocycles. The lowest BCUT2D eigenvalue weighted by Crippen LogP contribution is -2.46. The number of likely N-dealkylation sites (tertiary alicyclic amines) is 1. The lowest BCUT2D eigenvalue weighted by Gasteiger charge is -2.45. The summed E-state index contributed by atoms with van der Waals surface area (Å²) in [6, 6.07) is 0. The van der Waals surface area contributed by atoms with E-state index < -0.39 is 5.60 Å². The monoisotopic (exact) mass is 280 g/mol. The smallest absolute Gasteiger partial charge is 0.410 e. The summed E-state index contributed by atoms with van der Waals surface area (Å²) in [6.07, 6.45) is 8.31. The van der Waals surface area contributed by atoms with Crippen LogP contribution in [0.1, 0.15) is 52.9 Å². The average Bonchev–Trinajstić information content (AvgIpc) is 2.38. The van der Waals surface area contributed by atoms with E-state index in [1.54, 1.807) is 4.90 Å². The van der Waals surface area contributed by atoms with Gasteiger partial charge in [-0.15, -0.1) is 0 Å². The molecule has 20 heavy (non-hydrogen) atoms. The minimum Gasteiger partial charge on any atom is -0.444 e. The van der Waals surface area contributed by atoms with E-state index in [-0.39, 0.29) is 17.4 Å². The second-order valence-electron chi connectivity index (χ2n) is 7.22. The fourth-order valence-corrected chi connectivity index (χ4v) is 3.15. The van der Waals surface area contributed by atoms with Crippen LogP contribution in [0.15, 0.2) is 0 Å². The maximum absolute atomic E-state index is 12.0. The Hall–Kier alpha value is -1.06. The van der Waals surface area contributed by atoms with Crippen molar-refractivity contribution in [1.29, 1.82) is 0 Å². The van der Waals surface area contributed by atoms with Crippen LogP contribution < -0.4 is 0 Å². The van der Waals surface area contributed by atoms with Gasteiger partial charge in [0, 0.05) is 19.0 Å². The van der Waals surface area contributed by atoms with Crippen LogP contribution in [0.3, 0.4) is 0 Å². The van der Waals surface area contributed by atoms with E-state index in [9.17, 15) is 9.59 Å². The van der Waals surface area contributed by atoms with Gasteiger partial charge in [-0.05, 0) is 64.7 Å². The summed E-state index contributed by atoms with van der Waals surface area (Å²) in [7, 11) is 0. The van der Waals surface area contributed by atoms with Crippen LogP contribution in [-0.4, -0.2) is 36.0 Å². The average molecular weight is 280 g/mol. The molecule has 2 fully saturated rings. The number of ether oxygens (including phenoxy) is 1. The topological polar surface area (TPSA) is 46.6 Å². The second kappa shape index (κ2) is 5.74. The number of piperidine rings is 1. The number of carbonyl (C=O) groups excluding carboxylic acids is 2. The first-order valence-electron chi connectivity index (χ1n) is 7.61. The molecule has 2 rings (SSSR count). The Morgan fingerprint density at radius 1 is 1.30 bits per heavy atom. The fraction of sp³-hybridized carbons (Fsp3) is 0.812. The van der Waals surface area contributed by atoms with E-state index in [0.717, 1.165) is 44.9 Å². The predicted octanol–water partition coefficient (Wildman–Crippen LogP) is 3.21. The molecule has 1 spiro atoms. The number of nitrogens with zero attached hydrogens (tertiary/aromatic N) is 1. The minimum absolute atomic E-state index is 0.217. The highest BCUT2D eigenvalue weighted by Crippen LogP contribution is 2.45. The third-order valence-corrected chi connectivity index (χ3v) is 4.49. The molecule has 0 aromatic carbocycles. The predicted molar refractivity (Wildman–Crippen MR) is 77.2 cm³/mol. The van der Waals surface area contributed by atoms with Gasteiger partial charge in [0.15, 0.2) is 0 Å². The van der Waals surface area contributed by atoms with Gasteiger partial charge in [0.2, 0.25) is 0 Å². The first-order valence-corrected chi connectivity index (χ1v) is 7.61. The molecule has 0 aromatic rings. The van der Waals surface area contributed by atoms with Crippen molar-refractivity contribution in [3.8, 4) is 0 Å². The molecule has 0 aromatic heterocycles. The number of carbonyl (C=O) groups is 2. The van der Waals surface area contributed by atoms with Gasteiger partial charge in [-0.2, -0.15) is 0 Å². The van der Waals surface area contributed by atoms with Crippen molar-refractivity contribution >= 4 is 12.4 Å². The molecule has 4 nitrogen and oxygen atoms in total. The molecule has 1 heterocycles. The molecule has 1 aliphatic heterocycles. The number of aldehydes is 1. The molecule has 0 N–H and O–H groups in total. The molecule has 2 aliphatic rings. The molecule has 0 atom stereocenters. The van der Waals surface area contributed by atoms with Crippen molar-refractivity contribution in [2.75, 3.05) is 13.1 Å². The van der Waals surface area contributed by atoms with Crippen molar-refractivity contribution < 1.29 is 14.3 Å². The first kappa shape index (κ1) is 15.3. The molecule has 0 unspecified atom stereocenters. The number of rotatable bonds is 1. The maximum Gasteiger partial charge on any atom is 0.410 e. The second-order valence-corrected chi connectivity index (χ2v) is 7.22. The zero-order chi connectivity index (χ0) is 14.8. The molecule has 4 heteroatoms. The highest BCUT2D eigenvalue weighted by molar-refractivity contribution is 5.68. The highest BCUT2D eigenvalue weighted by Gasteiger charge is 2.39. The minimum atomic E-state index is -0.436. The van der Waals surface area contributed by atoms with E-state index in [0.29, 0.717) is 6.54 Å². The fourth-order valence-electron chi connectivity index (χ4n) is 3.15. The Bertz CT molecular complexity index is 354. The first-order chi connectivity index (χ1) is 9.34. The van der Waals surface area contributed by atoms with Crippen molar-refractivity contribution in [3.63, 3.8) is 0 Å². The standard InChI is InChI=1S/C16H26NO3/c1-15(2,3)20-14(19)17-10-8-16(9-11-17)6-4-13(12-18)5-7-16/h8,12-13H,4-7,9-11H2,1-3H3. The quantitative estimate of drug-likeness (QED) is 0.693. The Morgan fingerprint density at radius 2 is 1.95 bits per heavy atom. The van der Waals surface area contributed by atoms with Gasteiger partial charge in [0.1, 0.15) is 11.9 Å². The van der Waals surface area contributed by atoms with Crippen molar-refractivity contribution in [1.82, 2.24) is 4.90 Å². The Balaban J connectivity index is 1.83. The van der Waals surface area contributed by atoms with Crippen LogP contribution in [0.4, 0.5) is 4.79 Å². The number of hydrogen-bond donors (Lipinski definition) is 0. The van der Waals surface area contributed by atoms with Crippen molar-refractivity contribution in [2.45, 2.75) is 58.5 Å². The van der Waals surface area contributed by atoms with Gasteiger partial charge in [-0.1, -0.05) is 0 Å². The summed E-state index contributed by atoms with van der Waals surface area (Å²) in [5, 5.41) is 0. The molecular weight excluding hydrogens is 254 g/mol. The van der Waals surface area contributed by atoms with Crippen LogP contribution in [0, 0.1) is 17.8 Å². The Kier molecular flexibility index (Phi) is 4.40. The SMILES string of the molecule is CC(C)(C)OC(=O)N1C[CH]C2(CCC(C=O)CC2)CC1. The van der Waals surface area contributed by atoms with Crippen molar-refractivity contribution in [3.05, 3.63) is 6.42 Å². The highest BCUT2D eigenvalue weighted by atomic mass is 16.6. The maximum atomic E-state index is 12.0.